The van der Waals surface area contributed by atoms with Crippen molar-refractivity contribution in [3.63, 3.8) is 0 Å². The summed E-state index contributed by atoms with van der Waals surface area (Å²) in [5.74, 6) is -0.226. The third-order valence-electron chi connectivity index (χ3n) is 6.77. The SMILES string of the molecule is Fc1ccc(-c2ccc(N(c3ccccc3)c3ccc(-c4ccc(-c5ccccc5)cc4)cc3)cc2)cc1. The van der Waals surface area contributed by atoms with Crippen molar-refractivity contribution in [2.45, 2.75) is 0 Å². The predicted octanol–water partition coefficient (Wildman–Crippen LogP) is 10.3. The van der Waals surface area contributed by atoms with Gasteiger partial charge >= 0.3 is 0 Å². The van der Waals surface area contributed by atoms with Crippen LogP contribution in [0.25, 0.3) is 33.4 Å². The average Bonchev–Trinajstić information content (AvgIpc) is 3.00. The topological polar surface area (TPSA) is 3.24 Å². The molecule has 0 saturated carbocycles. The lowest BCUT2D eigenvalue weighted by Gasteiger charge is -2.26. The van der Waals surface area contributed by atoms with Gasteiger partial charge in [-0.1, -0.05) is 109 Å². The van der Waals surface area contributed by atoms with Crippen LogP contribution in [0.15, 0.2) is 158 Å². The van der Waals surface area contributed by atoms with E-state index in [9.17, 15) is 4.39 Å². The zero-order valence-corrected chi connectivity index (χ0v) is 20.8. The van der Waals surface area contributed by atoms with Crippen LogP contribution in [-0.4, -0.2) is 0 Å². The van der Waals surface area contributed by atoms with Crippen LogP contribution >= 0.6 is 0 Å². The first kappa shape index (κ1) is 23.4. The number of para-hydroxylation sites is 1. The molecule has 1 nitrogen and oxygen atoms in total. The minimum atomic E-state index is -0.226. The van der Waals surface area contributed by atoms with E-state index in [4.69, 9.17) is 0 Å². The van der Waals surface area contributed by atoms with Crippen molar-refractivity contribution < 1.29 is 4.39 Å². The van der Waals surface area contributed by atoms with Crippen molar-refractivity contribution in [1.29, 1.82) is 0 Å². The first-order valence-corrected chi connectivity index (χ1v) is 12.7. The fourth-order valence-electron chi connectivity index (χ4n) is 4.76. The Kier molecular flexibility index (Phi) is 6.53. The normalized spacial score (nSPS) is 10.8. The number of hydrogen-bond donors (Lipinski definition) is 0. The maximum absolute atomic E-state index is 13.4. The fourth-order valence-corrected chi connectivity index (χ4v) is 4.76. The molecule has 2 heteroatoms. The molecule has 6 rings (SSSR count). The molecule has 6 aromatic carbocycles. The Morgan fingerprint density at radius 3 is 1.00 bits per heavy atom. The molecule has 0 heterocycles. The zero-order valence-electron chi connectivity index (χ0n) is 20.8. The second-order valence-electron chi connectivity index (χ2n) is 9.21. The van der Waals surface area contributed by atoms with E-state index in [1.54, 1.807) is 0 Å². The first-order chi connectivity index (χ1) is 18.7. The molecule has 0 amide bonds. The van der Waals surface area contributed by atoms with E-state index in [2.05, 4.69) is 126 Å². The molecule has 0 unspecified atom stereocenters. The molecule has 0 radical (unpaired) electrons. The fraction of sp³-hybridized carbons (Fsp3) is 0. The number of hydrogen-bond acceptors (Lipinski definition) is 1. The van der Waals surface area contributed by atoms with Gasteiger partial charge in [0.15, 0.2) is 0 Å². The van der Waals surface area contributed by atoms with Gasteiger partial charge in [0.05, 0.1) is 0 Å². The number of nitrogens with zero attached hydrogens (tertiary/aromatic N) is 1. The van der Waals surface area contributed by atoms with Crippen molar-refractivity contribution in [3.8, 4) is 33.4 Å². The van der Waals surface area contributed by atoms with Crippen LogP contribution in [0.3, 0.4) is 0 Å². The third-order valence-corrected chi connectivity index (χ3v) is 6.77. The summed E-state index contributed by atoms with van der Waals surface area (Å²) in [6.45, 7) is 0. The predicted molar refractivity (Wildman–Crippen MR) is 157 cm³/mol. The van der Waals surface area contributed by atoms with Gasteiger partial charge in [-0.2, -0.15) is 0 Å². The average molecular weight is 492 g/mol. The number of anilines is 3. The second kappa shape index (κ2) is 10.6. The highest BCUT2D eigenvalue weighted by Gasteiger charge is 2.13. The van der Waals surface area contributed by atoms with Crippen molar-refractivity contribution in [3.05, 3.63) is 164 Å². The molecule has 0 bridgehead atoms. The molecular weight excluding hydrogens is 465 g/mol. The Morgan fingerprint density at radius 2 is 0.579 bits per heavy atom. The van der Waals surface area contributed by atoms with Crippen molar-refractivity contribution in [1.82, 2.24) is 0 Å². The summed E-state index contributed by atoms with van der Waals surface area (Å²) in [4.78, 5) is 2.25. The lowest BCUT2D eigenvalue weighted by molar-refractivity contribution is 0.628. The van der Waals surface area contributed by atoms with Gasteiger partial charge in [0.2, 0.25) is 0 Å². The molecule has 182 valence electrons. The molecule has 0 N–H and O–H groups in total. The summed E-state index contributed by atoms with van der Waals surface area (Å²) in [6, 6.07) is 53.2. The van der Waals surface area contributed by atoms with Crippen LogP contribution < -0.4 is 4.90 Å². The van der Waals surface area contributed by atoms with Gasteiger partial charge in [-0.25, -0.2) is 4.39 Å². The van der Waals surface area contributed by atoms with Crippen LogP contribution in [0.4, 0.5) is 21.5 Å². The number of halogens is 1. The summed E-state index contributed by atoms with van der Waals surface area (Å²) >= 11 is 0. The standard InChI is InChI=1S/C36H26FN/c37-33-21-15-30(16-22-33)32-19-25-36(26-20-32)38(34-9-5-2-6-10-34)35-23-17-31(18-24-35)29-13-11-28(12-14-29)27-7-3-1-4-8-27/h1-26H. The lowest BCUT2D eigenvalue weighted by Crippen LogP contribution is -2.09. The quantitative estimate of drug-likeness (QED) is 0.224. The number of rotatable bonds is 6. The summed E-state index contributed by atoms with van der Waals surface area (Å²) in [7, 11) is 0. The van der Waals surface area contributed by atoms with Crippen LogP contribution in [0.1, 0.15) is 0 Å². The second-order valence-corrected chi connectivity index (χ2v) is 9.21. The van der Waals surface area contributed by atoms with Crippen LogP contribution in [0, 0.1) is 5.82 Å². The minimum Gasteiger partial charge on any atom is -0.311 e. The van der Waals surface area contributed by atoms with Gasteiger partial charge in [-0.05, 0) is 81.9 Å². The van der Waals surface area contributed by atoms with Crippen molar-refractivity contribution in [2.75, 3.05) is 4.90 Å². The number of benzene rings is 6. The van der Waals surface area contributed by atoms with Gasteiger partial charge in [0.25, 0.3) is 0 Å². The maximum Gasteiger partial charge on any atom is 0.123 e. The largest absolute Gasteiger partial charge is 0.311 e. The smallest absolute Gasteiger partial charge is 0.123 e. The van der Waals surface area contributed by atoms with Crippen molar-refractivity contribution >= 4 is 17.1 Å². The summed E-state index contributed by atoms with van der Waals surface area (Å²) in [5.41, 5.74) is 10.1. The van der Waals surface area contributed by atoms with E-state index in [1.807, 2.05) is 24.3 Å². The zero-order chi connectivity index (χ0) is 25.7. The minimum absolute atomic E-state index is 0.226. The van der Waals surface area contributed by atoms with Crippen LogP contribution in [-0.2, 0) is 0 Å². The molecule has 0 saturated heterocycles. The highest BCUT2D eigenvalue weighted by Crippen LogP contribution is 2.36. The first-order valence-electron chi connectivity index (χ1n) is 12.7. The van der Waals surface area contributed by atoms with Gasteiger partial charge in [0.1, 0.15) is 5.82 Å². The third kappa shape index (κ3) is 4.98. The van der Waals surface area contributed by atoms with Gasteiger partial charge in [-0.3, -0.25) is 0 Å². The Hall–Kier alpha value is -4.95. The molecule has 0 aliphatic heterocycles. The Morgan fingerprint density at radius 1 is 0.289 bits per heavy atom. The van der Waals surface area contributed by atoms with Gasteiger partial charge in [-0.15, -0.1) is 0 Å². The Labute approximate surface area is 223 Å². The molecule has 0 aliphatic rings. The highest BCUT2D eigenvalue weighted by molar-refractivity contribution is 5.80. The summed E-state index contributed by atoms with van der Waals surface area (Å²) < 4.78 is 13.4. The van der Waals surface area contributed by atoms with Gasteiger partial charge < -0.3 is 4.90 Å². The summed E-state index contributed by atoms with van der Waals surface area (Å²) in [5, 5.41) is 0. The molecule has 0 spiro atoms. The molecule has 0 atom stereocenters. The van der Waals surface area contributed by atoms with E-state index < -0.39 is 0 Å². The monoisotopic (exact) mass is 491 g/mol. The summed E-state index contributed by atoms with van der Waals surface area (Å²) in [6.07, 6.45) is 0. The van der Waals surface area contributed by atoms with Crippen LogP contribution in [0.5, 0.6) is 0 Å². The van der Waals surface area contributed by atoms with E-state index in [1.165, 1.54) is 34.4 Å². The highest BCUT2D eigenvalue weighted by atomic mass is 19.1. The molecule has 0 aliphatic carbocycles. The van der Waals surface area contributed by atoms with E-state index in [-0.39, 0.29) is 5.82 Å². The molecule has 38 heavy (non-hydrogen) atoms. The Balaban J connectivity index is 1.30. The molecule has 0 fully saturated rings. The van der Waals surface area contributed by atoms with Crippen LogP contribution in [0.2, 0.25) is 0 Å². The Bertz CT molecular complexity index is 1610. The lowest BCUT2D eigenvalue weighted by atomic mass is 10.00. The van der Waals surface area contributed by atoms with E-state index >= 15 is 0 Å². The molecule has 0 aromatic heterocycles. The maximum atomic E-state index is 13.4. The van der Waals surface area contributed by atoms with Gasteiger partial charge in [0, 0.05) is 17.1 Å². The molecular formula is C36H26FN. The van der Waals surface area contributed by atoms with E-state index in [0.717, 1.165) is 28.2 Å². The molecule has 6 aromatic rings. The van der Waals surface area contributed by atoms with Crippen molar-refractivity contribution in [2.24, 2.45) is 0 Å². The van der Waals surface area contributed by atoms with E-state index in [0.29, 0.717) is 0 Å².